The summed E-state index contributed by atoms with van der Waals surface area (Å²) in [4.78, 5) is 0. The topological polar surface area (TPSA) is 61.8 Å². The van der Waals surface area contributed by atoms with Gasteiger partial charge < -0.3 is 11.1 Å². The van der Waals surface area contributed by atoms with Crippen LogP contribution in [0.15, 0.2) is 36.4 Å². The van der Waals surface area contributed by atoms with Crippen LogP contribution < -0.4 is 11.1 Å². The maximum atomic E-state index is 13.6. The van der Waals surface area contributed by atoms with E-state index in [0.29, 0.717) is 22.0 Å². The quantitative estimate of drug-likeness (QED) is 0.811. The molecule has 18 heavy (non-hydrogen) atoms. The van der Waals surface area contributed by atoms with E-state index in [1.54, 1.807) is 18.2 Å². The molecule has 0 fully saturated rings. The molecule has 3 N–H and O–H groups in total. The van der Waals surface area contributed by atoms with E-state index in [1.165, 1.54) is 18.2 Å². The van der Waals surface area contributed by atoms with Crippen LogP contribution in [0.1, 0.15) is 5.56 Å². The molecule has 0 atom stereocenters. The molecule has 5 heteroatoms. The number of rotatable bonds is 2. The van der Waals surface area contributed by atoms with Gasteiger partial charge in [0.2, 0.25) is 0 Å². The second kappa shape index (κ2) is 4.94. The minimum Gasteiger partial charge on any atom is -0.397 e. The van der Waals surface area contributed by atoms with Crippen LogP contribution in [-0.2, 0) is 0 Å². The number of benzene rings is 2. The van der Waals surface area contributed by atoms with E-state index in [0.717, 1.165) is 0 Å². The van der Waals surface area contributed by atoms with Crippen LogP contribution in [0, 0.1) is 17.1 Å². The predicted molar refractivity (Wildman–Crippen MR) is 70.3 cm³/mol. The maximum Gasteiger partial charge on any atom is 0.148 e. The molecule has 2 aromatic carbocycles. The van der Waals surface area contributed by atoms with Crippen molar-refractivity contribution in [3.63, 3.8) is 0 Å². The van der Waals surface area contributed by atoms with Crippen LogP contribution in [-0.4, -0.2) is 0 Å². The monoisotopic (exact) mass is 261 g/mol. The fourth-order valence-corrected chi connectivity index (χ4v) is 1.64. The van der Waals surface area contributed by atoms with E-state index >= 15 is 0 Å². The largest absolute Gasteiger partial charge is 0.397 e. The summed E-state index contributed by atoms with van der Waals surface area (Å²) in [6, 6.07) is 11.0. The average Bonchev–Trinajstić information content (AvgIpc) is 2.34. The SMILES string of the molecule is N#Cc1ccc(Nc2ccc(Cl)cc2F)c(N)c1. The van der Waals surface area contributed by atoms with Crippen molar-refractivity contribution in [3.05, 3.63) is 52.8 Å². The van der Waals surface area contributed by atoms with Gasteiger partial charge in [-0.1, -0.05) is 11.6 Å². The Bertz CT molecular complexity index is 635. The molecule has 0 aliphatic heterocycles. The van der Waals surface area contributed by atoms with Crippen molar-refractivity contribution in [2.45, 2.75) is 0 Å². The molecule has 0 aliphatic rings. The van der Waals surface area contributed by atoms with E-state index < -0.39 is 5.82 Å². The molecule has 0 bridgehead atoms. The molecule has 2 rings (SSSR count). The standard InChI is InChI=1S/C13H9ClFN3/c14-9-2-4-12(10(15)6-9)18-13-3-1-8(7-16)5-11(13)17/h1-6,18H,17H2. The van der Waals surface area contributed by atoms with Gasteiger partial charge in [0, 0.05) is 5.02 Å². The highest BCUT2D eigenvalue weighted by Gasteiger charge is 2.06. The van der Waals surface area contributed by atoms with Gasteiger partial charge in [0.25, 0.3) is 0 Å². The van der Waals surface area contributed by atoms with Crippen LogP contribution in [0.3, 0.4) is 0 Å². The van der Waals surface area contributed by atoms with E-state index in [2.05, 4.69) is 5.32 Å². The lowest BCUT2D eigenvalue weighted by molar-refractivity contribution is 0.632. The van der Waals surface area contributed by atoms with Crippen LogP contribution in [0.4, 0.5) is 21.5 Å². The highest BCUT2D eigenvalue weighted by Crippen LogP contribution is 2.27. The van der Waals surface area contributed by atoms with E-state index in [-0.39, 0.29) is 5.69 Å². The zero-order valence-corrected chi connectivity index (χ0v) is 10.0. The van der Waals surface area contributed by atoms with Crippen LogP contribution >= 0.6 is 11.6 Å². The second-order valence-electron chi connectivity index (χ2n) is 3.66. The first-order valence-corrected chi connectivity index (χ1v) is 5.49. The Morgan fingerprint density at radius 2 is 1.89 bits per heavy atom. The number of nitrogens with one attached hydrogen (secondary N) is 1. The Morgan fingerprint density at radius 1 is 1.17 bits per heavy atom. The lowest BCUT2D eigenvalue weighted by Crippen LogP contribution is -1.98. The second-order valence-corrected chi connectivity index (χ2v) is 4.10. The fraction of sp³-hybridized carbons (Fsp3) is 0. The number of hydrogen-bond donors (Lipinski definition) is 2. The zero-order valence-electron chi connectivity index (χ0n) is 9.24. The first kappa shape index (κ1) is 12.2. The van der Waals surface area contributed by atoms with E-state index in [9.17, 15) is 4.39 Å². The minimum absolute atomic E-state index is 0.274. The molecular weight excluding hydrogens is 253 g/mol. The predicted octanol–water partition coefficient (Wildman–Crippen LogP) is 3.68. The third-order valence-corrected chi connectivity index (χ3v) is 2.62. The summed E-state index contributed by atoms with van der Waals surface area (Å²) in [6.07, 6.45) is 0. The lowest BCUT2D eigenvalue weighted by Gasteiger charge is -2.10. The van der Waals surface area contributed by atoms with Gasteiger partial charge in [-0.25, -0.2) is 4.39 Å². The highest BCUT2D eigenvalue weighted by atomic mass is 35.5. The molecular formula is C13H9ClFN3. The zero-order chi connectivity index (χ0) is 13.1. The molecule has 0 amide bonds. The van der Waals surface area contributed by atoms with Gasteiger partial charge in [0.05, 0.1) is 28.7 Å². The van der Waals surface area contributed by atoms with E-state index in [4.69, 9.17) is 22.6 Å². The summed E-state index contributed by atoms with van der Waals surface area (Å²) in [5, 5.41) is 11.9. The highest BCUT2D eigenvalue weighted by molar-refractivity contribution is 6.30. The van der Waals surface area contributed by atoms with Crippen molar-refractivity contribution in [3.8, 4) is 6.07 Å². The first-order chi connectivity index (χ1) is 8.60. The summed E-state index contributed by atoms with van der Waals surface area (Å²) in [7, 11) is 0. The Balaban J connectivity index is 2.32. The fourth-order valence-electron chi connectivity index (χ4n) is 1.48. The van der Waals surface area contributed by atoms with Crippen molar-refractivity contribution in [1.29, 1.82) is 5.26 Å². The summed E-state index contributed by atoms with van der Waals surface area (Å²) in [5.74, 6) is -0.466. The number of nitrogens with two attached hydrogens (primary N) is 1. The van der Waals surface area contributed by atoms with Gasteiger partial charge in [-0.15, -0.1) is 0 Å². The van der Waals surface area contributed by atoms with Gasteiger partial charge in [-0.3, -0.25) is 0 Å². The minimum atomic E-state index is -0.466. The van der Waals surface area contributed by atoms with E-state index in [1.807, 2.05) is 6.07 Å². The molecule has 0 aromatic heterocycles. The molecule has 3 nitrogen and oxygen atoms in total. The molecule has 0 heterocycles. The molecule has 0 saturated carbocycles. The summed E-state index contributed by atoms with van der Waals surface area (Å²) < 4.78 is 13.6. The normalized spacial score (nSPS) is 9.83. The molecule has 0 saturated heterocycles. The molecule has 2 aromatic rings. The summed E-state index contributed by atoms with van der Waals surface area (Å²) >= 11 is 5.66. The van der Waals surface area contributed by atoms with Crippen molar-refractivity contribution in [1.82, 2.24) is 0 Å². The Kier molecular flexibility index (Phi) is 3.35. The molecule has 0 radical (unpaired) electrons. The van der Waals surface area contributed by atoms with Crippen LogP contribution in [0.5, 0.6) is 0 Å². The average molecular weight is 262 g/mol. The van der Waals surface area contributed by atoms with Crippen LogP contribution in [0.2, 0.25) is 5.02 Å². The van der Waals surface area contributed by atoms with Gasteiger partial charge >= 0.3 is 0 Å². The Hall–Kier alpha value is -2.25. The van der Waals surface area contributed by atoms with Crippen LogP contribution in [0.25, 0.3) is 0 Å². The lowest BCUT2D eigenvalue weighted by atomic mass is 10.2. The van der Waals surface area contributed by atoms with Gasteiger partial charge in [0.15, 0.2) is 0 Å². The van der Waals surface area contributed by atoms with Gasteiger partial charge in [0.1, 0.15) is 5.82 Å². The molecule has 0 unspecified atom stereocenters. The third-order valence-electron chi connectivity index (χ3n) is 2.38. The van der Waals surface area contributed by atoms with Crippen molar-refractivity contribution < 1.29 is 4.39 Å². The maximum absolute atomic E-state index is 13.6. The number of hydrogen-bond acceptors (Lipinski definition) is 3. The Morgan fingerprint density at radius 3 is 2.50 bits per heavy atom. The number of nitriles is 1. The number of halogens is 2. The first-order valence-electron chi connectivity index (χ1n) is 5.12. The molecule has 0 aliphatic carbocycles. The number of anilines is 3. The van der Waals surface area contributed by atoms with Crippen molar-refractivity contribution in [2.24, 2.45) is 0 Å². The molecule has 0 spiro atoms. The smallest absolute Gasteiger partial charge is 0.148 e. The number of nitrogens with zero attached hydrogens (tertiary/aromatic N) is 1. The summed E-state index contributed by atoms with van der Waals surface area (Å²) in [5.41, 5.74) is 7.41. The Labute approximate surface area is 109 Å². The van der Waals surface area contributed by atoms with Crippen molar-refractivity contribution >= 4 is 28.7 Å². The van der Waals surface area contributed by atoms with Crippen molar-refractivity contribution in [2.75, 3.05) is 11.1 Å². The molecule has 90 valence electrons. The van der Waals surface area contributed by atoms with Gasteiger partial charge in [-0.2, -0.15) is 5.26 Å². The summed E-state index contributed by atoms with van der Waals surface area (Å²) in [6.45, 7) is 0. The number of nitrogen functional groups attached to an aromatic ring is 1. The van der Waals surface area contributed by atoms with Gasteiger partial charge in [-0.05, 0) is 36.4 Å². The third kappa shape index (κ3) is 2.53.